The Labute approximate surface area is 163 Å². The van der Waals surface area contributed by atoms with E-state index in [4.69, 9.17) is 0 Å². The maximum absolute atomic E-state index is 13.1. The van der Waals surface area contributed by atoms with Crippen molar-refractivity contribution in [2.45, 2.75) is 25.3 Å². The van der Waals surface area contributed by atoms with Crippen molar-refractivity contribution in [2.24, 2.45) is 0 Å². The average Bonchev–Trinajstić information content (AvgIpc) is 2.64. The summed E-state index contributed by atoms with van der Waals surface area (Å²) in [7, 11) is -3.78. The first kappa shape index (κ1) is 20.6. The fraction of sp³-hybridized carbons (Fsp3) is 0.316. The first-order valence-corrected chi connectivity index (χ1v) is 10.7. The summed E-state index contributed by atoms with van der Waals surface area (Å²) < 4.78 is 28.3. The lowest BCUT2D eigenvalue weighted by Crippen LogP contribution is -2.42. The van der Waals surface area contributed by atoms with Crippen LogP contribution in [0.3, 0.4) is 0 Å². The quantitative estimate of drug-likeness (QED) is 0.633. The Bertz CT molecular complexity index is 820. The number of carbonyl (C=O) groups is 1. The summed E-state index contributed by atoms with van der Waals surface area (Å²) in [5, 5.41) is 0. The molecule has 0 saturated carbocycles. The summed E-state index contributed by atoms with van der Waals surface area (Å²) in [6.07, 6.45) is 0. The van der Waals surface area contributed by atoms with Gasteiger partial charge in [-0.1, -0.05) is 46.3 Å². The van der Waals surface area contributed by atoms with E-state index >= 15 is 0 Å². The highest BCUT2D eigenvalue weighted by Crippen LogP contribution is 2.19. The standard InChI is InChI=1S/C19H23BrN2O3S/c1-3-21(4-2)19(23)15-22(14-16-10-12-17(20)13-11-16)26(24,25)18-8-6-5-7-9-18/h5-13H,3-4,14-15H2,1-2H3. The van der Waals surface area contributed by atoms with E-state index < -0.39 is 10.0 Å². The minimum Gasteiger partial charge on any atom is -0.342 e. The van der Waals surface area contributed by atoms with Crippen molar-refractivity contribution in [1.29, 1.82) is 0 Å². The van der Waals surface area contributed by atoms with Crippen LogP contribution < -0.4 is 0 Å². The molecule has 0 aliphatic heterocycles. The number of nitrogens with zero attached hydrogens (tertiary/aromatic N) is 2. The lowest BCUT2D eigenvalue weighted by Gasteiger charge is -2.26. The zero-order valence-electron chi connectivity index (χ0n) is 14.9. The van der Waals surface area contributed by atoms with Gasteiger partial charge < -0.3 is 4.90 Å². The van der Waals surface area contributed by atoms with Crippen LogP contribution in [0.5, 0.6) is 0 Å². The molecule has 0 radical (unpaired) electrons. The van der Waals surface area contributed by atoms with Gasteiger partial charge in [-0.2, -0.15) is 4.31 Å². The van der Waals surface area contributed by atoms with Gasteiger partial charge in [0, 0.05) is 24.1 Å². The van der Waals surface area contributed by atoms with Crippen LogP contribution in [0.4, 0.5) is 0 Å². The van der Waals surface area contributed by atoms with Crippen molar-refractivity contribution in [2.75, 3.05) is 19.6 Å². The fourth-order valence-electron chi connectivity index (χ4n) is 2.59. The van der Waals surface area contributed by atoms with Gasteiger partial charge in [0.05, 0.1) is 11.4 Å². The van der Waals surface area contributed by atoms with E-state index in [1.807, 2.05) is 38.1 Å². The van der Waals surface area contributed by atoms with Crippen molar-refractivity contribution in [3.63, 3.8) is 0 Å². The van der Waals surface area contributed by atoms with E-state index in [9.17, 15) is 13.2 Å². The molecule has 2 aromatic rings. The molecule has 2 aromatic carbocycles. The van der Waals surface area contributed by atoms with Crippen molar-refractivity contribution >= 4 is 31.9 Å². The summed E-state index contributed by atoms with van der Waals surface area (Å²) in [6, 6.07) is 15.6. The van der Waals surface area contributed by atoms with Crippen molar-refractivity contribution in [3.05, 3.63) is 64.6 Å². The third-order valence-electron chi connectivity index (χ3n) is 4.08. The van der Waals surface area contributed by atoms with Gasteiger partial charge in [0.15, 0.2) is 0 Å². The average molecular weight is 439 g/mol. The Morgan fingerprint density at radius 1 is 0.962 bits per heavy atom. The summed E-state index contributed by atoms with van der Waals surface area (Å²) in [5.41, 5.74) is 0.819. The SMILES string of the molecule is CCN(CC)C(=O)CN(Cc1ccc(Br)cc1)S(=O)(=O)c1ccccc1. The van der Waals surface area contributed by atoms with Crippen LogP contribution in [0.2, 0.25) is 0 Å². The molecule has 7 heteroatoms. The monoisotopic (exact) mass is 438 g/mol. The van der Waals surface area contributed by atoms with E-state index in [1.54, 1.807) is 35.2 Å². The molecular weight excluding hydrogens is 416 g/mol. The Morgan fingerprint density at radius 3 is 2.08 bits per heavy atom. The summed E-state index contributed by atoms with van der Waals surface area (Å²) in [6.45, 7) is 4.81. The molecule has 1 amide bonds. The third kappa shape index (κ3) is 5.16. The van der Waals surface area contributed by atoms with Crippen molar-refractivity contribution in [1.82, 2.24) is 9.21 Å². The van der Waals surface area contributed by atoms with Crippen LogP contribution >= 0.6 is 15.9 Å². The molecule has 0 N–H and O–H groups in total. The lowest BCUT2D eigenvalue weighted by atomic mass is 10.2. The molecule has 2 rings (SSSR count). The zero-order valence-corrected chi connectivity index (χ0v) is 17.3. The van der Waals surface area contributed by atoms with Gasteiger partial charge in [-0.05, 0) is 43.7 Å². The molecule has 0 aromatic heterocycles. The summed E-state index contributed by atoms with van der Waals surface area (Å²) >= 11 is 3.37. The molecule has 0 spiro atoms. The lowest BCUT2D eigenvalue weighted by molar-refractivity contribution is -0.131. The van der Waals surface area contributed by atoms with Crippen LogP contribution in [0.1, 0.15) is 19.4 Å². The predicted molar refractivity (Wildman–Crippen MR) is 106 cm³/mol. The molecule has 0 bridgehead atoms. The molecule has 0 saturated heterocycles. The highest BCUT2D eigenvalue weighted by Gasteiger charge is 2.28. The third-order valence-corrected chi connectivity index (χ3v) is 6.42. The van der Waals surface area contributed by atoms with E-state index in [0.29, 0.717) is 13.1 Å². The molecule has 0 atom stereocenters. The highest BCUT2D eigenvalue weighted by atomic mass is 79.9. The molecule has 0 unspecified atom stereocenters. The summed E-state index contributed by atoms with van der Waals surface area (Å²) in [5.74, 6) is -0.202. The second-order valence-electron chi connectivity index (χ2n) is 5.78. The van der Waals surface area contributed by atoms with Gasteiger partial charge in [0.2, 0.25) is 15.9 Å². The fourth-order valence-corrected chi connectivity index (χ4v) is 4.25. The first-order valence-electron chi connectivity index (χ1n) is 8.46. The molecule has 0 fully saturated rings. The van der Waals surface area contributed by atoms with Crippen LogP contribution in [0.25, 0.3) is 0 Å². The smallest absolute Gasteiger partial charge is 0.243 e. The van der Waals surface area contributed by atoms with Gasteiger partial charge in [-0.25, -0.2) is 8.42 Å². The Balaban J connectivity index is 2.34. The van der Waals surface area contributed by atoms with E-state index in [2.05, 4.69) is 15.9 Å². The van der Waals surface area contributed by atoms with Gasteiger partial charge >= 0.3 is 0 Å². The number of halogens is 1. The maximum Gasteiger partial charge on any atom is 0.243 e. The minimum absolute atomic E-state index is 0.136. The molecule has 140 valence electrons. The van der Waals surface area contributed by atoms with E-state index in [1.165, 1.54) is 4.31 Å². The number of hydrogen-bond acceptors (Lipinski definition) is 3. The van der Waals surface area contributed by atoms with Crippen molar-refractivity contribution < 1.29 is 13.2 Å². The van der Waals surface area contributed by atoms with E-state index in [0.717, 1.165) is 10.0 Å². The van der Waals surface area contributed by atoms with E-state index in [-0.39, 0.29) is 23.9 Å². The molecule has 0 aliphatic carbocycles. The molecule has 0 heterocycles. The Hall–Kier alpha value is -1.70. The van der Waals surface area contributed by atoms with Gasteiger partial charge in [0.1, 0.15) is 0 Å². The molecule has 26 heavy (non-hydrogen) atoms. The topological polar surface area (TPSA) is 57.7 Å². The van der Waals surface area contributed by atoms with Crippen LogP contribution in [-0.4, -0.2) is 43.2 Å². The van der Waals surface area contributed by atoms with Crippen LogP contribution in [0.15, 0.2) is 64.0 Å². The highest BCUT2D eigenvalue weighted by molar-refractivity contribution is 9.10. The predicted octanol–water partition coefficient (Wildman–Crippen LogP) is 3.51. The number of rotatable bonds is 8. The van der Waals surface area contributed by atoms with Crippen molar-refractivity contribution in [3.8, 4) is 0 Å². The Kier molecular flexibility index (Phi) is 7.37. The van der Waals surface area contributed by atoms with Gasteiger partial charge in [-0.3, -0.25) is 4.79 Å². The number of benzene rings is 2. The first-order chi connectivity index (χ1) is 12.4. The second kappa shape index (κ2) is 9.30. The molecular formula is C19H23BrN2O3S. The number of hydrogen-bond donors (Lipinski definition) is 0. The number of carbonyl (C=O) groups excluding carboxylic acids is 1. The maximum atomic E-state index is 13.1. The summed E-state index contributed by atoms with van der Waals surface area (Å²) in [4.78, 5) is 14.4. The Morgan fingerprint density at radius 2 is 1.54 bits per heavy atom. The number of likely N-dealkylation sites (N-methyl/N-ethyl adjacent to an activating group) is 1. The number of sulfonamides is 1. The van der Waals surface area contributed by atoms with Crippen LogP contribution in [-0.2, 0) is 21.4 Å². The van der Waals surface area contributed by atoms with Gasteiger partial charge in [0.25, 0.3) is 0 Å². The minimum atomic E-state index is -3.78. The normalized spacial score (nSPS) is 11.5. The number of amides is 1. The molecule has 0 aliphatic rings. The van der Waals surface area contributed by atoms with Gasteiger partial charge in [-0.15, -0.1) is 0 Å². The van der Waals surface area contributed by atoms with Crippen LogP contribution in [0, 0.1) is 0 Å². The largest absolute Gasteiger partial charge is 0.342 e. The molecule has 5 nitrogen and oxygen atoms in total. The zero-order chi connectivity index (χ0) is 19.2. The second-order valence-corrected chi connectivity index (χ2v) is 8.63.